The Bertz CT molecular complexity index is 1030. The Hall–Kier alpha value is -3.23. The monoisotopic (exact) mass is 442 g/mol. The van der Waals surface area contributed by atoms with Crippen LogP contribution in [0.15, 0.2) is 42.5 Å². The summed E-state index contributed by atoms with van der Waals surface area (Å²) in [7, 11) is 1.60. The Kier molecular flexibility index (Phi) is 8.35. The van der Waals surface area contributed by atoms with Crippen molar-refractivity contribution in [2.45, 2.75) is 20.0 Å². The van der Waals surface area contributed by atoms with E-state index in [1.165, 1.54) is 0 Å². The van der Waals surface area contributed by atoms with Gasteiger partial charge in [-0.15, -0.1) is 0 Å². The highest BCUT2D eigenvalue weighted by atomic mass is 16.5. The van der Waals surface area contributed by atoms with E-state index < -0.39 is 12.1 Å². The fourth-order valence-corrected chi connectivity index (χ4v) is 3.27. The number of benzene rings is 2. The number of fused-ring (bicyclic) bond motifs is 1. The molecule has 0 aliphatic heterocycles. The summed E-state index contributed by atoms with van der Waals surface area (Å²) in [5, 5.41) is 14.2. The summed E-state index contributed by atoms with van der Waals surface area (Å²) < 4.78 is 21.9. The number of aliphatic hydroxyl groups is 1. The van der Waals surface area contributed by atoms with Gasteiger partial charge in [0.1, 0.15) is 30.8 Å². The molecule has 1 aromatic heterocycles. The predicted molar refractivity (Wildman–Crippen MR) is 122 cm³/mol. The maximum absolute atomic E-state index is 12.0. The fourth-order valence-electron chi connectivity index (χ4n) is 3.27. The molecule has 32 heavy (non-hydrogen) atoms. The van der Waals surface area contributed by atoms with Gasteiger partial charge in [0.05, 0.1) is 19.2 Å². The molecule has 3 N–H and O–H groups in total. The Labute approximate surface area is 187 Å². The van der Waals surface area contributed by atoms with Crippen molar-refractivity contribution in [2.75, 3.05) is 40.0 Å². The van der Waals surface area contributed by atoms with Crippen LogP contribution < -0.4 is 19.5 Å². The third kappa shape index (κ3) is 6.15. The maximum Gasteiger partial charge on any atom is 0.354 e. The van der Waals surface area contributed by atoms with Crippen LogP contribution in [0.2, 0.25) is 0 Å². The first-order valence-electron chi connectivity index (χ1n) is 10.6. The van der Waals surface area contributed by atoms with Crippen LogP contribution in [0, 0.1) is 6.92 Å². The number of aryl methyl sites for hydroxylation is 1. The van der Waals surface area contributed by atoms with E-state index in [1.807, 2.05) is 43.3 Å². The molecule has 0 aliphatic rings. The van der Waals surface area contributed by atoms with Crippen LogP contribution in [0.3, 0.4) is 0 Å². The van der Waals surface area contributed by atoms with Gasteiger partial charge >= 0.3 is 5.97 Å². The van der Waals surface area contributed by atoms with Crippen molar-refractivity contribution in [3.8, 4) is 17.2 Å². The number of H-pyrrole nitrogens is 1. The van der Waals surface area contributed by atoms with E-state index in [4.69, 9.17) is 18.9 Å². The molecule has 0 radical (unpaired) electrons. The van der Waals surface area contributed by atoms with Gasteiger partial charge in [-0.25, -0.2) is 4.79 Å². The molecular weight excluding hydrogens is 412 g/mol. The van der Waals surface area contributed by atoms with E-state index in [1.54, 1.807) is 20.1 Å². The molecule has 8 heteroatoms. The molecule has 3 rings (SSSR count). The molecule has 172 valence electrons. The van der Waals surface area contributed by atoms with Crippen molar-refractivity contribution < 1.29 is 28.8 Å². The molecule has 0 saturated heterocycles. The van der Waals surface area contributed by atoms with Crippen LogP contribution in [0.4, 0.5) is 0 Å². The third-order valence-corrected chi connectivity index (χ3v) is 4.76. The highest BCUT2D eigenvalue weighted by Gasteiger charge is 2.15. The lowest BCUT2D eigenvalue weighted by atomic mass is 10.1. The van der Waals surface area contributed by atoms with Crippen LogP contribution in [0.5, 0.6) is 17.2 Å². The average Bonchev–Trinajstić information content (AvgIpc) is 3.22. The molecule has 0 spiro atoms. The lowest BCUT2D eigenvalue weighted by Crippen LogP contribution is -2.33. The zero-order valence-electron chi connectivity index (χ0n) is 18.6. The molecule has 3 aromatic rings. The van der Waals surface area contributed by atoms with Gasteiger partial charge in [-0.05, 0) is 49.7 Å². The second-order valence-corrected chi connectivity index (χ2v) is 7.30. The van der Waals surface area contributed by atoms with Crippen molar-refractivity contribution in [2.24, 2.45) is 0 Å². The Morgan fingerprint density at radius 1 is 1.12 bits per heavy atom. The van der Waals surface area contributed by atoms with Crippen molar-refractivity contribution in [3.05, 3.63) is 53.7 Å². The molecule has 0 bridgehead atoms. The second kappa shape index (κ2) is 11.4. The van der Waals surface area contributed by atoms with Crippen molar-refractivity contribution >= 4 is 16.9 Å². The topological polar surface area (TPSA) is 102 Å². The van der Waals surface area contributed by atoms with Crippen molar-refractivity contribution in [1.29, 1.82) is 0 Å². The third-order valence-electron chi connectivity index (χ3n) is 4.76. The first kappa shape index (κ1) is 23.4. The van der Waals surface area contributed by atoms with Gasteiger partial charge in [0, 0.05) is 18.5 Å². The number of rotatable bonds is 12. The molecule has 0 amide bonds. The van der Waals surface area contributed by atoms with Gasteiger partial charge in [-0.3, -0.25) is 0 Å². The number of carbonyl (C=O) groups excluding carboxylic acids is 1. The molecule has 8 nitrogen and oxygen atoms in total. The standard InChI is InChI=1S/C24H30N2O6/c1-4-30-24(28)20-13-18-19(26-20)11-16(2)12-23(18)32-15-17(27)14-25-9-10-31-22-8-6-5-7-21(22)29-3/h5-8,11-13,17,25-27H,4,9-10,14-15H2,1-3H3. The van der Waals surface area contributed by atoms with Crippen LogP contribution in [0.25, 0.3) is 10.9 Å². The number of aliphatic hydroxyl groups excluding tert-OH is 1. The minimum absolute atomic E-state index is 0.110. The second-order valence-electron chi connectivity index (χ2n) is 7.30. The zero-order chi connectivity index (χ0) is 22.9. The normalized spacial score (nSPS) is 11.9. The molecular formula is C24H30N2O6. The SMILES string of the molecule is CCOC(=O)c1cc2c(OCC(O)CNCCOc3ccccc3OC)cc(C)cc2[nH]1. The number of aromatic nitrogens is 1. The van der Waals surface area contributed by atoms with E-state index in [0.29, 0.717) is 49.2 Å². The smallest absolute Gasteiger partial charge is 0.354 e. The number of para-hydroxylation sites is 2. The Morgan fingerprint density at radius 3 is 2.66 bits per heavy atom. The Balaban J connectivity index is 1.48. The fraction of sp³-hybridized carbons (Fsp3) is 0.375. The number of ether oxygens (including phenoxy) is 4. The van der Waals surface area contributed by atoms with Gasteiger partial charge < -0.3 is 34.4 Å². The van der Waals surface area contributed by atoms with Crippen LogP contribution in [0.1, 0.15) is 23.0 Å². The largest absolute Gasteiger partial charge is 0.493 e. The molecule has 1 heterocycles. The maximum atomic E-state index is 12.0. The quantitative estimate of drug-likeness (QED) is 0.293. The average molecular weight is 443 g/mol. The lowest BCUT2D eigenvalue weighted by Gasteiger charge is -2.15. The van der Waals surface area contributed by atoms with E-state index >= 15 is 0 Å². The summed E-state index contributed by atoms with van der Waals surface area (Å²) in [6.07, 6.45) is -0.708. The number of carbonyl (C=O) groups is 1. The summed E-state index contributed by atoms with van der Waals surface area (Å²) >= 11 is 0. The minimum Gasteiger partial charge on any atom is -0.493 e. The molecule has 0 aliphatic carbocycles. The minimum atomic E-state index is -0.708. The summed E-state index contributed by atoms with van der Waals surface area (Å²) in [6, 6.07) is 13.0. The number of methoxy groups -OCH3 is 1. The highest BCUT2D eigenvalue weighted by Crippen LogP contribution is 2.29. The van der Waals surface area contributed by atoms with Crippen LogP contribution in [-0.4, -0.2) is 62.2 Å². The summed E-state index contributed by atoms with van der Waals surface area (Å²) in [4.78, 5) is 15.1. The summed E-state index contributed by atoms with van der Waals surface area (Å²) in [6.45, 7) is 5.47. The van der Waals surface area contributed by atoms with Crippen LogP contribution in [-0.2, 0) is 4.74 Å². The van der Waals surface area contributed by atoms with Gasteiger partial charge in [0.2, 0.25) is 0 Å². The van der Waals surface area contributed by atoms with Gasteiger partial charge in [0.15, 0.2) is 11.5 Å². The zero-order valence-corrected chi connectivity index (χ0v) is 18.6. The van der Waals surface area contributed by atoms with E-state index in [0.717, 1.165) is 16.5 Å². The lowest BCUT2D eigenvalue weighted by molar-refractivity contribution is 0.0520. The summed E-state index contributed by atoms with van der Waals surface area (Å²) in [5.41, 5.74) is 2.13. The first-order chi connectivity index (χ1) is 15.5. The molecule has 1 atom stereocenters. The molecule has 1 unspecified atom stereocenters. The molecule has 0 saturated carbocycles. The van der Waals surface area contributed by atoms with E-state index in [-0.39, 0.29) is 6.61 Å². The number of hydrogen-bond acceptors (Lipinski definition) is 7. The predicted octanol–water partition coefficient (Wildman–Crippen LogP) is 3.07. The number of hydrogen-bond donors (Lipinski definition) is 3. The van der Waals surface area contributed by atoms with E-state index in [2.05, 4.69) is 10.3 Å². The number of aromatic amines is 1. The number of esters is 1. The number of nitrogens with one attached hydrogen (secondary N) is 2. The molecule has 0 fully saturated rings. The van der Waals surface area contributed by atoms with Gasteiger partial charge in [-0.1, -0.05) is 12.1 Å². The van der Waals surface area contributed by atoms with Gasteiger partial charge in [0.25, 0.3) is 0 Å². The van der Waals surface area contributed by atoms with Crippen molar-refractivity contribution in [3.63, 3.8) is 0 Å². The van der Waals surface area contributed by atoms with E-state index in [9.17, 15) is 9.90 Å². The first-order valence-corrected chi connectivity index (χ1v) is 10.6. The summed E-state index contributed by atoms with van der Waals surface area (Å²) in [5.74, 6) is 1.55. The van der Waals surface area contributed by atoms with Crippen molar-refractivity contribution in [1.82, 2.24) is 10.3 Å². The van der Waals surface area contributed by atoms with Crippen LogP contribution >= 0.6 is 0 Å². The highest BCUT2D eigenvalue weighted by molar-refractivity contribution is 5.97. The van der Waals surface area contributed by atoms with Gasteiger partial charge in [-0.2, -0.15) is 0 Å². The Morgan fingerprint density at radius 2 is 1.91 bits per heavy atom. The molecule has 2 aromatic carbocycles.